The van der Waals surface area contributed by atoms with E-state index in [4.69, 9.17) is 27.9 Å². The second-order valence-corrected chi connectivity index (χ2v) is 5.32. The molecule has 2 aromatic heterocycles. The minimum atomic E-state index is -0.602. The van der Waals surface area contributed by atoms with Crippen molar-refractivity contribution in [2.24, 2.45) is 0 Å². The lowest BCUT2D eigenvalue weighted by Gasteiger charge is -2.15. The molecule has 0 saturated carbocycles. The number of hydrogen-bond donors (Lipinski definition) is 1. The summed E-state index contributed by atoms with van der Waals surface area (Å²) in [7, 11) is 0. The first-order valence-corrected chi connectivity index (χ1v) is 6.75. The zero-order chi connectivity index (χ0) is 13.8. The van der Waals surface area contributed by atoms with Crippen molar-refractivity contribution in [1.29, 1.82) is 0 Å². The van der Waals surface area contributed by atoms with Gasteiger partial charge in [0.25, 0.3) is 6.47 Å². The van der Waals surface area contributed by atoms with Crippen molar-refractivity contribution >= 4 is 45.6 Å². The maximum absolute atomic E-state index is 10.6. The molecule has 1 unspecified atom stereocenters. The van der Waals surface area contributed by atoms with Crippen LogP contribution in [0.25, 0.3) is 0 Å². The highest BCUT2D eigenvalue weighted by Crippen LogP contribution is 2.28. The Hall–Kier alpha value is -1.11. The standard InChI is InChI=1S/C11H8BrCl2N3O2/c12-10-3-7(16-17-10)2-9(19-5-18)11-8(14)1-6(13)4-15-11/h1,3-5,9H,2H2,(H,16,17). The molecule has 100 valence electrons. The number of rotatable bonds is 5. The molecule has 19 heavy (non-hydrogen) atoms. The van der Waals surface area contributed by atoms with Crippen LogP contribution in [0, 0.1) is 0 Å². The van der Waals surface area contributed by atoms with Crippen molar-refractivity contribution in [3.05, 3.63) is 44.4 Å². The number of aromatic amines is 1. The van der Waals surface area contributed by atoms with Gasteiger partial charge >= 0.3 is 0 Å². The van der Waals surface area contributed by atoms with Crippen LogP contribution in [0.4, 0.5) is 0 Å². The molecule has 0 fully saturated rings. The average molecular weight is 365 g/mol. The van der Waals surface area contributed by atoms with Crippen LogP contribution >= 0.6 is 39.1 Å². The Morgan fingerprint density at radius 3 is 2.84 bits per heavy atom. The van der Waals surface area contributed by atoms with Gasteiger partial charge in [0.1, 0.15) is 10.3 Å². The number of nitrogens with zero attached hydrogens (tertiary/aromatic N) is 2. The summed E-state index contributed by atoms with van der Waals surface area (Å²) in [4.78, 5) is 14.7. The number of ether oxygens (including phenoxy) is 1. The van der Waals surface area contributed by atoms with Crippen molar-refractivity contribution in [1.82, 2.24) is 15.2 Å². The third-order valence-electron chi connectivity index (χ3n) is 2.37. The summed E-state index contributed by atoms with van der Waals surface area (Å²) in [5.41, 5.74) is 1.23. The number of nitrogens with one attached hydrogen (secondary N) is 1. The van der Waals surface area contributed by atoms with E-state index < -0.39 is 6.10 Å². The molecule has 1 atom stereocenters. The predicted molar refractivity (Wildman–Crippen MR) is 74.1 cm³/mol. The molecule has 0 aliphatic rings. The molecular weight excluding hydrogens is 357 g/mol. The minimum Gasteiger partial charge on any atom is -0.458 e. The number of hydrogen-bond acceptors (Lipinski definition) is 4. The Bertz CT molecular complexity index is 591. The Morgan fingerprint density at radius 2 is 2.26 bits per heavy atom. The lowest BCUT2D eigenvalue weighted by molar-refractivity contribution is -0.134. The molecule has 0 aromatic carbocycles. The molecule has 2 aromatic rings. The second kappa shape index (κ2) is 6.36. The monoisotopic (exact) mass is 363 g/mol. The molecule has 0 aliphatic heterocycles. The first-order valence-electron chi connectivity index (χ1n) is 5.20. The van der Waals surface area contributed by atoms with E-state index in [1.807, 2.05) is 0 Å². The highest BCUT2D eigenvalue weighted by atomic mass is 79.9. The summed E-state index contributed by atoms with van der Waals surface area (Å²) in [6.45, 7) is 0.364. The van der Waals surface area contributed by atoms with Gasteiger partial charge < -0.3 is 4.74 Å². The first-order chi connectivity index (χ1) is 9.10. The van der Waals surface area contributed by atoms with Gasteiger partial charge in [-0.2, -0.15) is 5.10 Å². The molecule has 0 radical (unpaired) electrons. The van der Waals surface area contributed by atoms with Gasteiger partial charge in [-0.05, 0) is 28.1 Å². The summed E-state index contributed by atoms with van der Waals surface area (Å²) in [5, 5.41) is 7.50. The fourth-order valence-electron chi connectivity index (χ4n) is 1.58. The van der Waals surface area contributed by atoms with E-state index in [0.29, 0.717) is 33.2 Å². The van der Waals surface area contributed by atoms with Gasteiger partial charge in [0, 0.05) is 18.3 Å². The molecule has 0 amide bonds. The fourth-order valence-corrected chi connectivity index (χ4v) is 2.44. The van der Waals surface area contributed by atoms with E-state index >= 15 is 0 Å². The van der Waals surface area contributed by atoms with Crippen molar-refractivity contribution in [2.75, 3.05) is 0 Å². The van der Waals surface area contributed by atoms with Crippen molar-refractivity contribution in [3.8, 4) is 0 Å². The van der Waals surface area contributed by atoms with Crippen LogP contribution in [0.2, 0.25) is 10.0 Å². The third kappa shape index (κ3) is 3.68. The van der Waals surface area contributed by atoms with E-state index in [1.54, 1.807) is 12.1 Å². The zero-order valence-corrected chi connectivity index (χ0v) is 12.5. The SMILES string of the molecule is O=COC(Cc1cc(Br)n[nH]1)c1ncc(Cl)cc1Cl. The summed E-state index contributed by atoms with van der Waals surface area (Å²) in [6, 6.07) is 3.33. The summed E-state index contributed by atoms with van der Waals surface area (Å²) in [5.74, 6) is 0. The molecule has 2 rings (SSSR count). The maximum Gasteiger partial charge on any atom is 0.293 e. The number of halogens is 3. The Kier molecular flexibility index (Phi) is 4.79. The van der Waals surface area contributed by atoms with Crippen molar-refractivity contribution in [3.63, 3.8) is 0 Å². The van der Waals surface area contributed by atoms with Crippen LogP contribution in [0.1, 0.15) is 17.5 Å². The number of carbonyl (C=O) groups is 1. The molecule has 0 spiro atoms. The van der Waals surface area contributed by atoms with Crippen LogP contribution < -0.4 is 0 Å². The smallest absolute Gasteiger partial charge is 0.293 e. The third-order valence-corrected chi connectivity index (χ3v) is 3.28. The van der Waals surface area contributed by atoms with Crippen LogP contribution in [-0.2, 0) is 16.0 Å². The predicted octanol–water partition coefficient (Wildman–Crippen LogP) is 3.33. The van der Waals surface area contributed by atoms with Gasteiger partial charge in [-0.25, -0.2) is 0 Å². The van der Waals surface area contributed by atoms with Crippen molar-refractivity contribution < 1.29 is 9.53 Å². The van der Waals surface area contributed by atoms with Gasteiger partial charge in [-0.1, -0.05) is 23.2 Å². The fraction of sp³-hybridized carbons (Fsp3) is 0.182. The molecule has 2 heterocycles. The molecule has 0 bridgehead atoms. The Labute approximate surface area is 127 Å². The number of aromatic nitrogens is 3. The van der Waals surface area contributed by atoms with E-state index in [0.717, 1.165) is 5.69 Å². The summed E-state index contributed by atoms with van der Waals surface area (Å²) < 4.78 is 5.70. The number of H-pyrrole nitrogens is 1. The highest BCUT2D eigenvalue weighted by molar-refractivity contribution is 9.10. The van der Waals surface area contributed by atoms with E-state index in [-0.39, 0.29) is 0 Å². The van der Waals surface area contributed by atoms with Gasteiger partial charge in [0.15, 0.2) is 6.10 Å². The van der Waals surface area contributed by atoms with Gasteiger partial charge in [-0.3, -0.25) is 14.9 Å². The number of pyridine rings is 1. The minimum absolute atomic E-state index is 0.345. The van der Waals surface area contributed by atoms with Crippen LogP contribution in [0.3, 0.4) is 0 Å². The van der Waals surface area contributed by atoms with Crippen LogP contribution in [-0.4, -0.2) is 21.7 Å². The van der Waals surface area contributed by atoms with Crippen LogP contribution in [0.5, 0.6) is 0 Å². The molecule has 0 aliphatic carbocycles. The lowest BCUT2D eigenvalue weighted by atomic mass is 10.1. The lowest BCUT2D eigenvalue weighted by Crippen LogP contribution is -2.10. The Balaban J connectivity index is 2.26. The quantitative estimate of drug-likeness (QED) is 0.826. The van der Waals surface area contributed by atoms with Gasteiger partial charge in [0.05, 0.1) is 10.0 Å². The van der Waals surface area contributed by atoms with E-state index in [9.17, 15) is 4.79 Å². The van der Waals surface area contributed by atoms with E-state index in [2.05, 4.69) is 31.1 Å². The second-order valence-electron chi connectivity index (χ2n) is 3.66. The van der Waals surface area contributed by atoms with Crippen LogP contribution in [0.15, 0.2) is 22.9 Å². The maximum atomic E-state index is 10.6. The number of carbonyl (C=O) groups excluding carboxylic acids is 1. The molecule has 8 heteroatoms. The van der Waals surface area contributed by atoms with E-state index in [1.165, 1.54) is 6.20 Å². The topological polar surface area (TPSA) is 67.9 Å². The zero-order valence-electron chi connectivity index (χ0n) is 9.44. The average Bonchev–Trinajstić information content (AvgIpc) is 2.74. The Morgan fingerprint density at radius 1 is 1.47 bits per heavy atom. The molecule has 1 N–H and O–H groups in total. The first kappa shape index (κ1) is 14.3. The molecule has 5 nitrogen and oxygen atoms in total. The summed E-state index contributed by atoms with van der Waals surface area (Å²) in [6.07, 6.45) is 1.23. The van der Waals surface area contributed by atoms with Gasteiger partial charge in [-0.15, -0.1) is 0 Å². The largest absolute Gasteiger partial charge is 0.458 e. The normalized spacial score (nSPS) is 12.2. The molecular formula is C11H8BrCl2N3O2. The molecule has 0 saturated heterocycles. The summed E-state index contributed by atoms with van der Waals surface area (Å²) >= 11 is 15.1. The highest BCUT2D eigenvalue weighted by Gasteiger charge is 2.19. The van der Waals surface area contributed by atoms with Crippen molar-refractivity contribution in [2.45, 2.75) is 12.5 Å². The van der Waals surface area contributed by atoms with Gasteiger partial charge in [0.2, 0.25) is 0 Å².